The Labute approximate surface area is 111 Å². The number of amides is 1. The fourth-order valence-corrected chi connectivity index (χ4v) is 1.77. The first-order chi connectivity index (χ1) is 9.13. The van der Waals surface area contributed by atoms with Gasteiger partial charge < -0.3 is 5.32 Å². The summed E-state index contributed by atoms with van der Waals surface area (Å²) in [6.07, 6.45) is 2.51. The second kappa shape index (κ2) is 5.65. The van der Waals surface area contributed by atoms with Gasteiger partial charge in [-0.2, -0.15) is 5.10 Å². The van der Waals surface area contributed by atoms with Gasteiger partial charge in [0.05, 0.1) is 17.8 Å². The van der Waals surface area contributed by atoms with Gasteiger partial charge in [-0.25, -0.2) is 9.07 Å². The van der Waals surface area contributed by atoms with Crippen molar-refractivity contribution in [3.63, 3.8) is 0 Å². The van der Waals surface area contributed by atoms with Gasteiger partial charge in [0, 0.05) is 6.07 Å². The summed E-state index contributed by atoms with van der Waals surface area (Å²) in [7, 11) is 0. The number of nitrogens with zero attached hydrogens (tertiary/aromatic N) is 2. The number of anilines is 1. The number of nitrogens with one attached hydrogen (secondary N) is 1. The Morgan fingerprint density at radius 2 is 2.16 bits per heavy atom. The lowest BCUT2D eigenvalue weighted by Crippen LogP contribution is -2.18. The highest BCUT2D eigenvalue weighted by Crippen LogP contribution is 2.17. The molecule has 1 unspecified atom stereocenters. The molecule has 0 saturated heterocycles. The van der Waals surface area contributed by atoms with Gasteiger partial charge in [0.2, 0.25) is 0 Å². The molecule has 1 atom stereocenters. The van der Waals surface area contributed by atoms with Crippen molar-refractivity contribution < 1.29 is 9.18 Å². The number of hydrogen-bond acceptors (Lipinski definition) is 2. The van der Waals surface area contributed by atoms with Crippen molar-refractivity contribution in [2.24, 2.45) is 0 Å². The lowest BCUT2D eigenvalue weighted by atomic mass is 10.2. The van der Waals surface area contributed by atoms with E-state index in [4.69, 9.17) is 0 Å². The predicted octanol–water partition coefficient (Wildman–Crippen LogP) is 3.25. The first kappa shape index (κ1) is 13.3. The number of carbonyl (C=O) groups is 1. The quantitative estimate of drug-likeness (QED) is 0.918. The largest absolute Gasteiger partial charge is 0.307 e. The summed E-state index contributed by atoms with van der Waals surface area (Å²) in [5, 5.41) is 6.85. The van der Waals surface area contributed by atoms with Crippen LogP contribution in [-0.2, 0) is 0 Å². The Balaban J connectivity index is 2.21. The molecule has 0 spiro atoms. The molecular formula is C14H16FN3O. The van der Waals surface area contributed by atoms with Crippen LogP contribution in [0, 0.1) is 5.82 Å². The highest BCUT2D eigenvalue weighted by molar-refractivity contribution is 6.03. The molecule has 19 heavy (non-hydrogen) atoms. The third kappa shape index (κ3) is 2.81. The van der Waals surface area contributed by atoms with E-state index < -0.39 is 11.7 Å². The van der Waals surface area contributed by atoms with E-state index in [0.717, 1.165) is 6.42 Å². The van der Waals surface area contributed by atoms with Crippen LogP contribution in [0.25, 0.3) is 0 Å². The van der Waals surface area contributed by atoms with Crippen molar-refractivity contribution in [3.8, 4) is 0 Å². The summed E-state index contributed by atoms with van der Waals surface area (Å²) in [6.45, 7) is 4.04. The number of halogens is 1. The Kier molecular flexibility index (Phi) is 3.94. The van der Waals surface area contributed by atoms with Crippen molar-refractivity contribution >= 4 is 11.7 Å². The van der Waals surface area contributed by atoms with Gasteiger partial charge in [-0.05, 0) is 25.5 Å². The van der Waals surface area contributed by atoms with Crippen molar-refractivity contribution in [3.05, 3.63) is 47.9 Å². The van der Waals surface area contributed by atoms with Crippen LogP contribution in [0.1, 0.15) is 36.7 Å². The Morgan fingerprint density at radius 3 is 2.84 bits per heavy atom. The minimum atomic E-state index is -0.533. The molecule has 0 fully saturated rings. The summed E-state index contributed by atoms with van der Waals surface area (Å²) in [5.74, 6) is -0.430. The zero-order chi connectivity index (χ0) is 13.8. The lowest BCUT2D eigenvalue weighted by molar-refractivity contribution is 0.102. The van der Waals surface area contributed by atoms with Gasteiger partial charge in [0.25, 0.3) is 5.91 Å². The standard InChI is InChI=1S/C14H16FN3O/c1-3-10(2)18-13(8-9-16-18)17-14(19)11-6-4-5-7-12(11)15/h4-10H,3H2,1-2H3,(H,17,19). The number of rotatable bonds is 4. The molecule has 0 aliphatic rings. The fraction of sp³-hybridized carbons (Fsp3) is 0.286. The second-order valence-corrected chi connectivity index (χ2v) is 4.35. The van der Waals surface area contributed by atoms with Crippen LogP contribution in [-0.4, -0.2) is 15.7 Å². The highest BCUT2D eigenvalue weighted by Gasteiger charge is 2.14. The monoisotopic (exact) mass is 261 g/mol. The Hall–Kier alpha value is -2.17. The van der Waals surface area contributed by atoms with Crippen LogP contribution in [0.15, 0.2) is 36.5 Å². The molecule has 1 amide bonds. The van der Waals surface area contributed by atoms with Crippen LogP contribution in [0.3, 0.4) is 0 Å². The highest BCUT2D eigenvalue weighted by atomic mass is 19.1. The van der Waals surface area contributed by atoms with Crippen molar-refractivity contribution in [1.82, 2.24) is 9.78 Å². The summed E-state index contributed by atoms with van der Waals surface area (Å²) in [5.41, 5.74) is 0.0272. The van der Waals surface area contributed by atoms with E-state index in [2.05, 4.69) is 10.4 Å². The van der Waals surface area contributed by atoms with Gasteiger partial charge in [-0.1, -0.05) is 19.1 Å². The van der Waals surface area contributed by atoms with Gasteiger partial charge in [-0.3, -0.25) is 4.79 Å². The second-order valence-electron chi connectivity index (χ2n) is 4.35. The first-order valence-corrected chi connectivity index (χ1v) is 6.23. The lowest BCUT2D eigenvalue weighted by Gasteiger charge is -2.14. The van der Waals surface area contributed by atoms with E-state index in [0.29, 0.717) is 5.82 Å². The Morgan fingerprint density at radius 1 is 1.42 bits per heavy atom. The average molecular weight is 261 g/mol. The van der Waals surface area contributed by atoms with Crippen molar-refractivity contribution in [1.29, 1.82) is 0 Å². The van der Waals surface area contributed by atoms with E-state index in [1.54, 1.807) is 29.1 Å². The van der Waals surface area contributed by atoms with Gasteiger partial charge >= 0.3 is 0 Å². The molecule has 0 bridgehead atoms. The molecular weight excluding hydrogens is 245 g/mol. The zero-order valence-corrected chi connectivity index (χ0v) is 10.9. The van der Waals surface area contributed by atoms with E-state index in [9.17, 15) is 9.18 Å². The maximum atomic E-state index is 13.5. The maximum Gasteiger partial charge on any atom is 0.259 e. The van der Waals surface area contributed by atoms with E-state index >= 15 is 0 Å². The van der Waals surface area contributed by atoms with Crippen LogP contribution < -0.4 is 5.32 Å². The normalized spacial score (nSPS) is 12.2. The van der Waals surface area contributed by atoms with Crippen LogP contribution in [0.2, 0.25) is 0 Å². The van der Waals surface area contributed by atoms with Crippen LogP contribution in [0.4, 0.5) is 10.2 Å². The van der Waals surface area contributed by atoms with Crippen LogP contribution in [0.5, 0.6) is 0 Å². The molecule has 0 aliphatic carbocycles. The average Bonchev–Trinajstić information content (AvgIpc) is 2.86. The Bertz CT molecular complexity index is 580. The third-order valence-corrected chi connectivity index (χ3v) is 3.04. The molecule has 1 aromatic carbocycles. The molecule has 0 saturated carbocycles. The molecule has 2 rings (SSSR count). The van der Waals surface area contributed by atoms with Gasteiger partial charge in [0.15, 0.2) is 0 Å². The molecule has 0 aliphatic heterocycles. The number of carbonyl (C=O) groups excluding carboxylic acids is 1. The molecule has 5 heteroatoms. The van der Waals surface area contributed by atoms with Gasteiger partial charge in [-0.15, -0.1) is 0 Å². The minimum absolute atomic E-state index is 0.0272. The molecule has 2 aromatic rings. The fourth-order valence-electron chi connectivity index (χ4n) is 1.77. The molecule has 1 aromatic heterocycles. The zero-order valence-electron chi connectivity index (χ0n) is 10.9. The summed E-state index contributed by atoms with van der Waals surface area (Å²) in [6, 6.07) is 7.77. The molecule has 100 valence electrons. The minimum Gasteiger partial charge on any atom is -0.307 e. The summed E-state index contributed by atoms with van der Waals surface area (Å²) < 4.78 is 15.2. The molecule has 1 N–H and O–H groups in total. The first-order valence-electron chi connectivity index (χ1n) is 6.23. The van der Waals surface area contributed by atoms with Crippen molar-refractivity contribution in [2.45, 2.75) is 26.3 Å². The summed E-state index contributed by atoms with van der Waals surface area (Å²) in [4.78, 5) is 12.0. The number of hydrogen-bond donors (Lipinski definition) is 1. The smallest absolute Gasteiger partial charge is 0.259 e. The number of benzene rings is 1. The summed E-state index contributed by atoms with van der Waals surface area (Å²) >= 11 is 0. The third-order valence-electron chi connectivity index (χ3n) is 3.04. The van der Waals surface area contributed by atoms with E-state index in [1.807, 2.05) is 13.8 Å². The molecule has 0 radical (unpaired) electrons. The predicted molar refractivity (Wildman–Crippen MR) is 71.6 cm³/mol. The SMILES string of the molecule is CCC(C)n1nccc1NC(=O)c1ccccc1F. The van der Waals surface area contributed by atoms with Crippen molar-refractivity contribution in [2.75, 3.05) is 5.32 Å². The maximum absolute atomic E-state index is 13.5. The van der Waals surface area contributed by atoms with Gasteiger partial charge in [0.1, 0.15) is 11.6 Å². The number of aromatic nitrogens is 2. The topological polar surface area (TPSA) is 46.9 Å². The van der Waals surface area contributed by atoms with E-state index in [-0.39, 0.29) is 11.6 Å². The van der Waals surface area contributed by atoms with Crippen LogP contribution >= 0.6 is 0 Å². The molecule has 1 heterocycles. The van der Waals surface area contributed by atoms with E-state index in [1.165, 1.54) is 12.1 Å². The molecule has 4 nitrogen and oxygen atoms in total.